The van der Waals surface area contributed by atoms with Gasteiger partial charge in [-0.15, -0.1) is 0 Å². The smallest absolute Gasteiger partial charge is 0.189 e. The molecule has 0 aliphatic carbocycles. The maximum absolute atomic E-state index is 10.5. The van der Waals surface area contributed by atoms with Gasteiger partial charge in [-0.1, -0.05) is 0 Å². The molecule has 1 N–H and O–H groups in total. The van der Waals surface area contributed by atoms with Crippen LogP contribution in [0.1, 0.15) is 0 Å². The molecule has 54 valence electrons. The van der Waals surface area contributed by atoms with Crippen molar-refractivity contribution in [3.63, 3.8) is 0 Å². The van der Waals surface area contributed by atoms with E-state index in [4.69, 9.17) is 4.55 Å². The lowest BCUT2D eigenvalue weighted by atomic mass is 10.5. The van der Waals surface area contributed by atoms with Crippen LogP contribution in [-0.2, 0) is 11.1 Å². The van der Waals surface area contributed by atoms with Crippen LogP contribution in [0.2, 0.25) is 0 Å². The van der Waals surface area contributed by atoms with Crippen LogP contribution < -0.4 is 0 Å². The molecule has 0 aromatic carbocycles. The van der Waals surface area contributed by atoms with Crippen LogP contribution in [0.5, 0.6) is 0 Å². The molecule has 1 aromatic heterocycles. The van der Waals surface area contributed by atoms with Crippen LogP contribution in [0.3, 0.4) is 0 Å². The van der Waals surface area contributed by atoms with E-state index in [1.807, 2.05) is 0 Å². The van der Waals surface area contributed by atoms with Gasteiger partial charge in [-0.3, -0.25) is 0 Å². The second-order valence-corrected chi connectivity index (χ2v) is 3.23. The SMILES string of the molecule is O=S(O)c1cccnc1Br. The van der Waals surface area contributed by atoms with Gasteiger partial charge in [-0.25, -0.2) is 9.19 Å². The molecule has 0 spiro atoms. The molecule has 1 aromatic rings. The summed E-state index contributed by atoms with van der Waals surface area (Å²) in [5, 5.41) is 0. The van der Waals surface area contributed by atoms with Gasteiger partial charge in [0.2, 0.25) is 0 Å². The lowest BCUT2D eigenvalue weighted by molar-refractivity contribution is 0.563. The average Bonchev–Trinajstić information content (AvgIpc) is 1.88. The molecule has 0 aliphatic heterocycles. The van der Waals surface area contributed by atoms with Gasteiger partial charge >= 0.3 is 0 Å². The lowest BCUT2D eigenvalue weighted by Gasteiger charge is -1.94. The van der Waals surface area contributed by atoms with Gasteiger partial charge in [-0.05, 0) is 28.1 Å². The fraction of sp³-hybridized carbons (Fsp3) is 0. The van der Waals surface area contributed by atoms with Crippen molar-refractivity contribution >= 4 is 27.0 Å². The molecule has 1 rings (SSSR count). The summed E-state index contributed by atoms with van der Waals surface area (Å²) in [5.41, 5.74) is 0. The second-order valence-electron chi connectivity index (χ2n) is 1.54. The van der Waals surface area contributed by atoms with Crippen LogP contribution in [0.4, 0.5) is 0 Å². The van der Waals surface area contributed by atoms with E-state index in [0.717, 1.165) is 0 Å². The minimum atomic E-state index is -1.95. The Labute approximate surface area is 68.9 Å². The normalized spacial score (nSPS) is 13.0. The Morgan fingerprint density at radius 2 is 2.40 bits per heavy atom. The largest absolute Gasteiger partial charge is 0.302 e. The third-order valence-corrected chi connectivity index (χ3v) is 2.51. The van der Waals surface area contributed by atoms with Crippen molar-refractivity contribution in [2.45, 2.75) is 4.90 Å². The number of aromatic nitrogens is 1. The second kappa shape index (κ2) is 3.23. The number of rotatable bonds is 1. The highest BCUT2D eigenvalue weighted by molar-refractivity contribution is 9.10. The summed E-state index contributed by atoms with van der Waals surface area (Å²) in [4.78, 5) is 4.06. The predicted molar refractivity (Wildman–Crippen MR) is 41.0 cm³/mol. The van der Waals surface area contributed by atoms with Gasteiger partial charge in [0.1, 0.15) is 4.60 Å². The monoisotopic (exact) mass is 221 g/mol. The standard InChI is InChI=1S/C5H4BrNO2S/c6-5-4(10(8)9)2-1-3-7-5/h1-3H,(H,8,9). The van der Waals surface area contributed by atoms with Gasteiger partial charge in [0.25, 0.3) is 0 Å². The Kier molecular flexibility index (Phi) is 2.53. The molecule has 0 saturated heterocycles. The van der Waals surface area contributed by atoms with Crippen LogP contribution in [0.15, 0.2) is 27.8 Å². The van der Waals surface area contributed by atoms with E-state index in [0.29, 0.717) is 9.50 Å². The molecule has 0 fully saturated rings. The summed E-state index contributed by atoms with van der Waals surface area (Å²) in [6.45, 7) is 0. The van der Waals surface area contributed by atoms with Crippen molar-refractivity contribution < 1.29 is 8.76 Å². The molecular weight excluding hydrogens is 218 g/mol. The van der Waals surface area contributed by atoms with Crippen molar-refractivity contribution in [3.05, 3.63) is 22.9 Å². The quantitative estimate of drug-likeness (QED) is 0.577. The minimum Gasteiger partial charge on any atom is -0.302 e. The highest BCUT2D eigenvalue weighted by Gasteiger charge is 2.03. The summed E-state index contributed by atoms with van der Waals surface area (Å²) in [5.74, 6) is 0. The predicted octanol–water partition coefficient (Wildman–Crippen LogP) is 1.42. The highest BCUT2D eigenvalue weighted by Crippen LogP contribution is 2.14. The molecule has 10 heavy (non-hydrogen) atoms. The Morgan fingerprint density at radius 1 is 1.70 bits per heavy atom. The Morgan fingerprint density at radius 3 is 2.80 bits per heavy atom. The Hall–Kier alpha value is -0.260. The van der Waals surface area contributed by atoms with Gasteiger partial charge in [0, 0.05) is 6.20 Å². The third-order valence-electron chi connectivity index (χ3n) is 0.913. The third kappa shape index (κ3) is 1.62. The summed E-state index contributed by atoms with van der Waals surface area (Å²) in [6.07, 6.45) is 1.54. The van der Waals surface area contributed by atoms with E-state index >= 15 is 0 Å². The number of nitrogens with zero attached hydrogens (tertiary/aromatic N) is 1. The fourth-order valence-electron chi connectivity index (χ4n) is 0.502. The summed E-state index contributed by atoms with van der Waals surface area (Å²) in [6, 6.07) is 3.14. The molecule has 1 unspecified atom stereocenters. The Balaban J connectivity index is 3.15. The van der Waals surface area contributed by atoms with E-state index in [2.05, 4.69) is 20.9 Å². The van der Waals surface area contributed by atoms with Crippen LogP contribution in [0.25, 0.3) is 0 Å². The van der Waals surface area contributed by atoms with Crippen LogP contribution in [-0.4, -0.2) is 13.7 Å². The molecule has 5 heteroatoms. The van der Waals surface area contributed by atoms with Gasteiger partial charge in [-0.2, -0.15) is 0 Å². The average molecular weight is 222 g/mol. The zero-order valence-electron chi connectivity index (χ0n) is 4.82. The minimum absolute atomic E-state index is 0.294. The van der Waals surface area contributed by atoms with Gasteiger partial charge in [0.15, 0.2) is 11.1 Å². The van der Waals surface area contributed by atoms with Gasteiger partial charge < -0.3 is 4.55 Å². The molecule has 0 amide bonds. The lowest BCUT2D eigenvalue weighted by Crippen LogP contribution is -1.90. The number of halogens is 1. The molecule has 0 saturated carbocycles. The zero-order chi connectivity index (χ0) is 7.56. The first-order valence-corrected chi connectivity index (χ1v) is 4.33. The fourth-order valence-corrected chi connectivity index (χ4v) is 1.56. The highest BCUT2D eigenvalue weighted by atomic mass is 79.9. The Bertz CT molecular complexity index is 266. The van der Waals surface area contributed by atoms with Crippen molar-refractivity contribution in [2.75, 3.05) is 0 Å². The topological polar surface area (TPSA) is 50.2 Å². The molecule has 0 radical (unpaired) electrons. The number of hydrogen-bond donors (Lipinski definition) is 1. The molecule has 1 atom stereocenters. The summed E-state index contributed by atoms with van der Waals surface area (Å²) >= 11 is 1.08. The first kappa shape index (κ1) is 7.84. The van der Waals surface area contributed by atoms with E-state index < -0.39 is 11.1 Å². The van der Waals surface area contributed by atoms with E-state index in [9.17, 15) is 4.21 Å². The molecule has 0 aliphatic rings. The summed E-state index contributed by atoms with van der Waals surface area (Å²) in [7, 11) is 0. The molecule has 0 bridgehead atoms. The van der Waals surface area contributed by atoms with Crippen molar-refractivity contribution in [3.8, 4) is 0 Å². The first-order valence-electron chi connectivity index (χ1n) is 2.43. The van der Waals surface area contributed by atoms with Crippen molar-refractivity contribution in [2.24, 2.45) is 0 Å². The van der Waals surface area contributed by atoms with Crippen LogP contribution >= 0.6 is 15.9 Å². The van der Waals surface area contributed by atoms with Crippen molar-refractivity contribution in [1.82, 2.24) is 4.98 Å². The van der Waals surface area contributed by atoms with E-state index in [1.54, 1.807) is 12.3 Å². The van der Waals surface area contributed by atoms with E-state index in [-0.39, 0.29) is 0 Å². The molecule has 3 nitrogen and oxygen atoms in total. The number of hydrogen-bond acceptors (Lipinski definition) is 2. The molecular formula is C5H4BrNO2S. The molecule has 1 heterocycles. The maximum atomic E-state index is 10.5. The van der Waals surface area contributed by atoms with Crippen LogP contribution in [0, 0.1) is 0 Å². The van der Waals surface area contributed by atoms with Gasteiger partial charge in [0.05, 0.1) is 4.90 Å². The first-order chi connectivity index (χ1) is 4.72. The van der Waals surface area contributed by atoms with Crippen molar-refractivity contribution in [1.29, 1.82) is 0 Å². The number of pyridine rings is 1. The maximum Gasteiger partial charge on any atom is 0.189 e. The summed E-state index contributed by atoms with van der Waals surface area (Å²) < 4.78 is 19.5. The van der Waals surface area contributed by atoms with E-state index in [1.165, 1.54) is 6.07 Å². The zero-order valence-corrected chi connectivity index (χ0v) is 7.22.